The zero-order valence-corrected chi connectivity index (χ0v) is 17.3. The van der Waals surface area contributed by atoms with Gasteiger partial charge in [0.1, 0.15) is 11.3 Å². The number of carbonyl (C=O) groups is 1. The molecule has 1 amide bonds. The first-order valence-electron chi connectivity index (χ1n) is 8.75. The van der Waals surface area contributed by atoms with E-state index >= 15 is 0 Å². The van der Waals surface area contributed by atoms with Crippen LogP contribution in [0.2, 0.25) is 5.02 Å². The quantitative estimate of drug-likeness (QED) is 0.632. The Labute approximate surface area is 168 Å². The van der Waals surface area contributed by atoms with Gasteiger partial charge in [0.05, 0.1) is 17.0 Å². The zero-order chi connectivity index (χ0) is 20.5. The highest BCUT2D eigenvalue weighted by atomic mass is 35.5. The summed E-state index contributed by atoms with van der Waals surface area (Å²) in [4.78, 5) is 12.6. The summed E-state index contributed by atoms with van der Waals surface area (Å²) in [6.07, 6.45) is 0. The van der Waals surface area contributed by atoms with Crippen LogP contribution in [0.25, 0.3) is 11.0 Å². The predicted octanol–water partition coefficient (Wildman–Crippen LogP) is 3.94. The second-order valence-electron chi connectivity index (χ2n) is 6.61. The van der Waals surface area contributed by atoms with Crippen LogP contribution in [0.1, 0.15) is 31.2 Å². The van der Waals surface area contributed by atoms with Crippen LogP contribution >= 0.6 is 11.6 Å². The standard InChI is InChI=1S/C20H21ClN2O4S/c1-12-17-6-4-5-7-18(17)27-19(12)13(2)22-20(24)14(3)23-28(25,26)16-10-8-15(21)9-11-16/h4-11,13-14,23H,1-3H3,(H,22,24)/t13?,14-/m0/s1. The van der Waals surface area contributed by atoms with Gasteiger partial charge >= 0.3 is 0 Å². The van der Waals surface area contributed by atoms with Crippen molar-refractivity contribution in [3.8, 4) is 0 Å². The van der Waals surface area contributed by atoms with Crippen LogP contribution in [-0.2, 0) is 14.8 Å². The Kier molecular flexibility index (Phi) is 5.79. The topological polar surface area (TPSA) is 88.4 Å². The molecule has 2 atom stereocenters. The molecule has 0 spiro atoms. The van der Waals surface area contributed by atoms with Crippen molar-refractivity contribution >= 4 is 38.5 Å². The Balaban J connectivity index is 1.71. The number of hydrogen-bond donors (Lipinski definition) is 2. The molecule has 8 heteroatoms. The first-order chi connectivity index (χ1) is 13.2. The lowest BCUT2D eigenvalue weighted by Crippen LogP contribution is -2.45. The number of hydrogen-bond acceptors (Lipinski definition) is 4. The summed E-state index contributed by atoms with van der Waals surface area (Å²) in [6, 6.07) is 12.0. The molecule has 0 saturated carbocycles. The number of halogens is 1. The van der Waals surface area contributed by atoms with E-state index in [2.05, 4.69) is 10.0 Å². The number of aryl methyl sites for hydroxylation is 1. The van der Waals surface area contributed by atoms with Gasteiger partial charge < -0.3 is 9.73 Å². The number of nitrogens with one attached hydrogen (secondary N) is 2. The molecular weight excluding hydrogens is 400 g/mol. The van der Waals surface area contributed by atoms with Crippen molar-refractivity contribution < 1.29 is 17.6 Å². The van der Waals surface area contributed by atoms with Crippen LogP contribution in [0.3, 0.4) is 0 Å². The van der Waals surface area contributed by atoms with E-state index in [0.29, 0.717) is 10.8 Å². The Morgan fingerprint density at radius 2 is 1.71 bits per heavy atom. The van der Waals surface area contributed by atoms with Gasteiger partial charge in [0, 0.05) is 16.0 Å². The van der Waals surface area contributed by atoms with E-state index in [1.165, 1.54) is 31.2 Å². The van der Waals surface area contributed by atoms with Gasteiger partial charge in [-0.2, -0.15) is 4.72 Å². The number of carbonyl (C=O) groups excluding carboxylic acids is 1. The van der Waals surface area contributed by atoms with E-state index in [-0.39, 0.29) is 4.90 Å². The van der Waals surface area contributed by atoms with Gasteiger partial charge in [-0.05, 0) is 51.1 Å². The average Bonchev–Trinajstić information content (AvgIpc) is 2.99. The summed E-state index contributed by atoms with van der Waals surface area (Å²) in [5, 5.41) is 4.21. The summed E-state index contributed by atoms with van der Waals surface area (Å²) in [7, 11) is -3.84. The fourth-order valence-corrected chi connectivity index (χ4v) is 4.31. The third kappa shape index (κ3) is 4.22. The van der Waals surface area contributed by atoms with Crippen LogP contribution in [-0.4, -0.2) is 20.4 Å². The van der Waals surface area contributed by atoms with E-state index < -0.39 is 28.0 Å². The molecule has 3 aromatic rings. The molecule has 3 rings (SSSR count). The van der Waals surface area contributed by atoms with Gasteiger partial charge in [-0.15, -0.1) is 0 Å². The van der Waals surface area contributed by atoms with Crippen molar-refractivity contribution in [1.82, 2.24) is 10.0 Å². The maximum Gasteiger partial charge on any atom is 0.241 e. The molecule has 0 radical (unpaired) electrons. The molecule has 1 heterocycles. The lowest BCUT2D eigenvalue weighted by atomic mass is 10.1. The number of para-hydroxylation sites is 1. The molecule has 2 aromatic carbocycles. The molecule has 148 valence electrons. The summed E-state index contributed by atoms with van der Waals surface area (Å²) in [6.45, 7) is 5.21. The maximum atomic E-state index is 12.5. The van der Waals surface area contributed by atoms with Crippen LogP contribution in [0.5, 0.6) is 0 Å². The van der Waals surface area contributed by atoms with E-state index in [1.807, 2.05) is 31.2 Å². The number of amides is 1. The highest BCUT2D eigenvalue weighted by molar-refractivity contribution is 7.89. The maximum absolute atomic E-state index is 12.5. The minimum Gasteiger partial charge on any atom is -0.459 e. The molecule has 0 aliphatic carbocycles. The van der Waals surface area contributed by atoms with Crippen molar-refractivity contribution in [2.24, 2.45) is 0 Å². The van der Waals surface area contributed by atoms with E-state index in [9.17, 15) is 13.2 Å². The summed E-state index contributed by atoms with van der Waals surface area (Å²) < 4.78 is 33.1. The van der Waals surface area contributed by atoms with Gasteiger partial charge in [-0.25, -0.2) is 8.42 Å². The van der Waals surface area contributed by atoms with Crippen molar-refractivity contribution in [2.75, 3.05) is 0 Å². The highest BCUT2D eigenvalue weighted by Crippen LogP contribution is 2.29. The van der Waals surface area contributed by atoms with Gasteiger partial charge in [0.15, 0.2) is 0 Å². The normalized spacial score (nSPS) is 14.0. The van der Waals surface area contributed by atoms with Gasteiger partial charge in [0.25, 0.3) is 0 Å². The van der Waals surface area contributed by atoms with Crippen molar-refractivity contribution in [3.05, 3.63) is 64.9 Å². The van der Waals surface area contributed by atoms with Crippen molar-refractivity contribution in [1.29, 1.82) is 0 Å². The molecule has 1 aromatic heterocycles. The van der Waals surface area contributed by atoms with Gasteiger partial charge in [0.2, 0.25) is 15.9 Å². The third-order valence-corrected chi connectivity index (χ3v) is 6.29. The molecule has 2 N–H and O–H groups in total. The molecule has 1 unspecified atom stereocenters. The molecule has 0 saturated heterocycles. The lowest BCUT2D eigenvalue weighted by molar-refractivity contribution is -0.123. The Morgan fingerprint density at radius 1 is 1.07 bits per heavy atom. The number of sulfonamides is 1. The van der Waals surface area contributed by atoms with Gasteiger partial charge in [-0.3, -0.25) is 4.79 Å². The molecule has 0 aliphatic heterocycles. The van der Waals surface area contributed by atoms with Crippen molar-refractivity contribution in [3.63, 3.8) is 0 Å². The summed E-state index contributed by atoms with van der Waals surface area (Å²) in [5.74, 6) is 0.187. The Morgan fingerprint density at radius 3 is 2.36 bits per heavy atom. The van der Waals surface area contributed by atoms with E-state index in [1.54, 1.807) is 6.92 Å². The molecule has 0 bridgehead atoms. The van der Waals surface area contributed by atoms with Gasteiger partial charge in [-0.1, -0.05) is 29.8 Å². The second-order valence-corrected chi connectivity index (χ2v) is 8.77. The summed E-state index contributed by atoms with van der Waals surface area (Å²) in [5.41, 5.74) is 1.69. The Bertz CT molecular complexity index is 1110. The number of fused-ring (bicyclic) bond motifs is 1. The largest absolute Gasteiger partial charge is 0.459 e. The fourth-order valence-electron chi connectivity index (χ4n) is 2.98. The zero-order valence-electron chi connectivity index (χ0n) is 15.7. The smallest absolute Gasteiger partial charge is 0.241 e. The number of benzene rings is 2. The predicted molar refractivity (Wildman–Crippen MR) is 109 cm³/mol. The molecule has 6 nitrogen and oxygen atoms in total. The third-order valence-electron chi connectivity index (χ3n) is 4.48. The highest BCUT2D eigenvalue weighted by Gasteiger charge is 2.25. The molecule has 28 heavy (non-hydrogen) atoms. The lowest BCUT2D eigenvalue weighted by Gasteiger charge is -2.18. The molecule has 0 aliphatic rings. The van der Waals surface area contributed by atoms with Crippen LogP contribution in [0, 0.1) is 6.92 Å². The molecule has 0 fully saturated rings. The SMILES string of the molecule is Cc1c(C(C)NC(=O)[C@H](C)NS(=O)(=O)c2ccc(Cl)cc2)oc2ccccc12. The van der Waals surface area contributed by atoms with Crippen molar-refractivity contribution in [2.45, 2.75) is 37.8 Å². The minimum absolute atomic E-state index is 0.0396. The molecular formula is C20H21ClN2O4S. The fraction of sp³-hybridized carbons (Fsp3) is 0.250. The number of rotatable bonds is 6. The van der Waals surface area contributed by atoms with Crippen LogP contribution in [0.15, 0.2) is 57.8 Å². The first kappa shape index (κ1) is 20.4. The van der Waals surface area contributed by atoms with Crippen LogP contribution in [0.4, 0.5) is 0 Å². The van der Waals surface area contributed by atoms with Crippen LogP contribution < -0.4 is 10.0 Å². The van der Waals surface area contributed by atoms with E-state index in [4.69, 9.17) is 16.0 Å². The average molecular weight is 421 g/mol. The first-order valence-corrected chi connectivity index (χ1v) is 10.6. The second kappa shape index (κ2) is 7.95. The monoisotopic (exact) mass is 420 g/mol. The minimum atomic E-state index is -3.84. The Hall–Kier alpha value is -2.35. The number of furan rings is 1. The van der Waals surface area contributed by atoms with E-state index in [0.717, 1.165) is 16.5 Å². The summed E-state index contributed by atoms with van der Waals surface area (Å²) >= 11 is 5.79.